The fraction of sp³-hybridized carbons (Fsp3) is 0.857. The normalized spacial score (nSPS) is 12.3. The number of hydrogen-bond acceptors (Lipinski definition) is 4. The minimum Gasteiger partial charge on any atom is -0.469 e. The lowest BCUT2D eigenvalue weighted by atomic mass is 10.0. The zero-order chi connectivity index (χ0) is 14.8. The molecule has 0 aliphatic carbocycles. The summed E-state index contributed by atoms with van der Waals surface area (Å²) in [5.41, 5.74) is 0. The Hall–Kier alpha value is -1.10. The van der Waals surface area contributed by atoms with E-state index < -0.39 is 0 Å². The number of carbonyl (C=O) groups excluding carboxylic acids is 2. The molecule has 0 aliphatic heterocycles. The van der Waals surface area contributed by atoms with Crippen LogP contribution in [0.25, 0.3) is 0 Å². The van der Waals surface area contributed by atoms with Crippen LogP contribution in [0.5, 0.6) is 0 Å². The third kappa shape index (κ3) is 6.05. The van der Waals surface area contributed by atoms with E-state index in [0.29, 0.717) is 19.7 Å². The molecule has 0 aromatic rings. The first-order chi connectivity index (χ1) is 9.01. The molecule has 0 heterocycles. The van der Waals surface area contributed by atoms with Gasteiger partial charge in [0.15, 0.2) is 0 Å². The van der Waals surface area contributed by atoms with Gasteiger partial charge in [-0.15, -0.1) is 0 Å². The Kier molecular flexibility index (Phi) is 9.21. The van der Waals surface area contributed by atoms with Crippen LogP contribution >= 0.6 is 0 Å². The highest BCUT2D eigenvalue weighted by Gasteiger charge is 2.25. The van der Waals surface area contributed by atoms with E-state index in [4.69, 9.17) is 9.47 Å². The summed E-state index contributed by atoms with van der Waals surface area (Å²) in [4.78, 5) is 25.5. The maximum Gasteiger partial charge on any atom is 0.310 e. The Morgan fingerprint density at radius 1 is 1.16 bits per heavy atom. The molecular weight excluding hydrogens is 246 g/mol. The zero-order valence-electron chi connectivity index (χ0n) is 12.8. The topological polar surface area (TPSA) is 55.8 Å². The number of ether oxygens (including phenoxy) is 2. The molecule has 1 unspecified atom stereocenters. The highest BCUT2D eigenvalue weighted by molar-refractivity contribution is 5.80. The summed E-state index contributed by atoms with van der Waals surface area (Å²) in [5.74, 6) is -0.501. The monoisotopic (exact) mass is 273 g/mol. The highest BCUT2D eigenvalue weighted by Crippen LogP contribution is 2.14. The summed E-state index contributed by atoms with van der Waals surface area (Å²) < 4.78 is 9.73. The van der Waals surface area contributed by atoms with Crippen LogP contribution in [0.3, 0.4) is 0 Å². The van der Waals surface area contributed by atoms with Crippen LogP contribution in [0, 0.1) is 11.8 Å². The lowest BCUT2D eigenvalue weighted by Crippen LogP contribution is -2.42. The van der Waals surface area contributed by atoms with E-state index in [1.807, 2.05) is 13.8 Å². The Morgan fingerprint density at radius 2 is 1.74 bits per heavy atom. The van der Waals surface area contributed by atoms with Gasteiger partial charge in [-0.2, -0.15) is 0 Å². The maximum atomic E-state index is 12.4. The minimum absolute atomic E-state index is 0.0155. The molecule has 19 heavy (non-hydrogen) atoms. The van der Waals surface area contributed by atoms with Gasteiger partial charge in [0.05, 0.1) is 19.6 Å². The van der Waals surface area contributed by atoms with Crippen LogP contribution < -0.4 is 0 Å². The largest absolute Gasteiger partial charge is 0.469 e. The van der Waals surface area contributed by atoms with E-state index >= 15 is 0 Å². The number of methoxy groups -OCH3 is 2. The van der Waals surface area contributed by atoms with Gasteiger partial charge < -0.3 is 14.4 Å². The third-order valence-corrected chi connectivity index (χ3v) is 3.31. The molecule has 0 aromatic carbocycles. The second-order valence-corrected chi connectivity index (χ2v) is 4.71. The predicted molar refractivity (Wildman–Crippen MR) is 73.7 cm³/mol. The minimum atomic E-state index is -0.319. The van der Waals surface area contributed by atoms with E-state index in [1.54, 1.807) is 18.9 Å². The number of nitrogens with zero attached hydrogens (tertiary/aromatic N) is 1. The Morgan fingerprint density at radius 3 is 2.16 bits per heavy atom. The van der Waals surface area contributed by atoms with E-state index in [9.17, 15) is 9.59 Å². The van der Waals surface area contributed by atoms with Crippen molar-refractivity contribution in [1.29, 1.82) is 0 Å². The summed E-state index contributed by atoms with van der Waals surface area (Å²) >= 11 is 0. The zero-order valence-corrected chi connectivity index (χ0v) is 12.8. The molecule has 0 N–H and O–H groups in total. The van der Waals surface area contributed by atoms with Crippen molar-refractivity contribution in [2.75, 3.05) is 33.9 Å². The first-order valence-corrected chi connectivity index (χ1v) is 6.87. The molecule has 0 radical (unpaired) electrons. The van der Waals surface area contributed by atoms with Crippen molar-refractivity contribution in [2.24, 2.45) is 11.8 Å². The number of hydrogen-bond donors (Lipinski definition) is 0. The summed E-state index contributed by atoms with van der Waals surface area (Å²) in [6.45, 7) is 7.14. The lowest BCUT2D eigenvalue weighted by molar-refractivity contribution is -0.147. The molecule has 0 spiro atoms. The molecule has 0 fully saturated rings. The van der Waals surface area contributed by atoms with Gasteiger partial charge in [-0.1, -0.05) is 20.8 Å². The second-order valence-electron chi connectivity index (χ2n) is 4.71. The van der Waals surface area contributed by atoms with Crippen molar-refractivity contribution in [3.05, 3.63) is 0 Å². The van der Waals surface area contributed by atoms with E-state index in [2.05, 4.69) is 0 Å². The summed E-state index contributed by atoms with van der Waals surface area (Å²) in [5, 5.41) is 0. The van der Waals surface area contributed by atoms with Gasteiger partial charge in [-0.05, 0) is 12.8 Å². The Bertz CT molecular complexity index is 277. The number of carbonyl (C=O) groups is 2. The molecule has 112 valence electrons. The van der Waals surface area contributed by atoms with Gasteiger partial charge in [0.25, 0.3) is 0 Å². The Labute approximate surface area is 116 Å². The van der Waals surface area contributed by atoms with Crippen LogP contribution in [0.15, 0.2) is 0 Å². The van der Waals surface area contributed by atoms with E-state index in [1.165, 1.54) is 7.11 Å². The first kappa shape index (κ1) is 17.9. The smallest absolute Gasteiger partial charge is 0.310 e. The molecule has 0 saturated carbocycles. The average Bonchev–Trinajstić information content (AvgIpc) is 2.43. The molecular formula is C14H27NO4. The van der Waals surface area contributed by atoms with Gasteiger partial charge in [0.2, 0.25) is 5.91 Å². The molecule has 0 aliphatic rings. The number of esters is 1. The second kappa shape index (κ2) is 9.78. The number of rotatable bonds is 9. The van der Waals surface area contributed by atoms with Crippen LogP contribution in [0.1, 0.15) is 33.6 Å². The fourth-order valence-electron chi connectivity index (χ4n) is 2.00. The molecule has 5 heteroatoms. The van der Waals surface area contributed by atoms with Crippen molar-refractivity contribution < 1.29 is 19.1 Å². The van der Waals surface area contributed by atoms with E-state index in [0.717, 1.165) is 12.8 Å². The van der Waals surface area contributed by atoms with Crippen molar-refractivity contribution in [2.45, 2.75) is 33.6 Å². The summed E-state index contributed by atoms with van der Waals surface area (Å²) in [6, 6.07) is 0. The van der Waals surface area contributed by atoms with Crippen LogP contribution in [0.4, 0.5) is 0 Å². The molecule has 1 amide bonds. The molecule has 0 saturated heterocycles. The summed E-state index contributed by atoms with van der Waals surface area (Å²) in [7, 11) is 2.96. The van der Waals surface area contributed by atoms with Crippen molar-refractivity contribution in [3.8, 4) is 0 Å². The van der Waals surface area contributed by atoms with E-state index in [-0.39, 0.29) is 23.7 Å². The van der Waals surface area contributed by atoms with Crippen LogP contribution in [0.2, 0.25) is 0 Å². The molecule has 0 rings (SSSR count). The van der Waals surface area contributed by atoms with Crippen molar-refractivity contribution >= 4 is 11.9 Å². The Balaban J connectivity index is 4.69. The number of amides is 1. The molecule has 1 atom stereocenters. The quantitative estimate of drug-likeness (QED) is 0.600. The SMILES string of the molecule is CCC(CC)C(=O)N(CCOC)CC(C)C(=O)OC. The van der Waals surface area contributed by atoms with Gasteiger partial charge in [-0.3, -0.25) is 9.59 Å². The van der Waals surface area contributed by atoms with Crippen LogP contribution in [-0.2, 0) is 19.1 Å². The fourth-order valence-corrected chi connectivity index (χ4v) is 2.00. The van der Waals surface area contributed by atoms with Gasteiger partial charge in [0.1, 0.15) is 0 Å². The van der Waals surface area contributed by atoms with Crippen LogP contribution in [-0.4, -0.2) is 50.7 Å². The lowest BCUT2D eigenvalue weighted by Gasteiger charge is -2.28. The molecule has 5 nitrogen and oxygen atoms in total. The standard InChI is InChI=1S/C14H27NO4/c1-6-12(7-2)13(16)15(8-9-18-4)10-11(3)14(17)19-5/h11-12H,6-10H2,1-5H3. The highest BCUT2D eigenvalue weighted by atomic mass is 16.5. The van der Waals surface area contributed by atoms with Crippen molar-refractivity contribution in [1.82, 2.24) is 4.90 Å². The van der Waals surface area contributed by atoms with Crippen molar-refractivity contribution in [3.63, 3.8) is 0 Å². The van der Waals surface area contributed by atoms with Gasteiger partial charge >= 0.3 is 5.97 Å². The molecule has 0 bridgehead atoms. The predicted octanol–water partition coefficient (Wildman–Crippen LogP) is 1.71. The van der Waals surface area contributed by atoms with Gasteiger partial charge in [-0.25, -0.2) is 0 Å². The maximum absolute atomic E-state index is 12.4. The summed E-state index contributed by atoms with van der Waals surface area (Å²) in [6.07, 6.45) is 1.62. The third-order valence-electron chi connectivity index (χ3n) is 3.31. The first-order valence-electron chi connectivity index (χ1n) is 6.87. The molecule has 0 aromatic heterocycles. The van der Waals surface area contributed by atoms with Gasteiger partial charge in [0, 0.05) is 26.1 Å². The average molecular weight is 273 g/mol.